The van der Waals surface area contributed by atoms with Crippen LogP contribution in [0.25, 0.3) is 0 Å². The maximum atomic E-state index is 10.7. The second kappa shape index (κ2) is 7.98. The molecule has 0 aromatic heterocycles. The topological polar surface area (TPSA) is 57.5 Å². The number of aliphatic carboxylic acids is 1. The van der Waals surface area contributed by atoms with Crippen molar-refractivity contribution in [2.24, 2.45) is 29.6 Å². The summed E-state index contributed by atoms with van der Waals surface area (Å²) in [4.78, 5) is 10.7. The van der Waals surface area contributed by atoms with Crippen molar-refractivity contribution < 1.29 is 15.0 Å². The highest BCUT2D eigenvalue weighted by Crippen LogP contribution is 2.50. The number of fused-ring (bicyclic) bond motifs is 1. The lowest BCUT2D eigenvalue weighted by Gasteiger charge is -2.48. The van der Waals surface area contributed by atoms with Crippen LogP contribution < -0.4 is 0 Å². The summed E-state index contributed by atoms with van der Waals surface area (Å²) in [6, 6.07) is 0. The van der Waals surface area contributed by atoms with Crippen molar-refractivity contribution in [3.63, 3.8) is 0 Å². The Kier molecular flexibility index (Phi) is 6.22. The summed E-state index contributed by atoms with van der Waals surface area (Å²) >= 11 is 0. The number of aliphatic hydroxyl groups is 1. The average Bonchev–Trinajstić information content (AvgIpc) is 2.53. The van der Waals surface area contributed by atoms with Gasteiger partial charge in [0.2, 0.25) is 0 Å². The number of allylic oxidation sites excluding steroid dienone is 6. The van der Waals surface area contributed by atoms with Crippen LogP contribution in [-0.2, 0) is 4.79 Å². The molecule has 2 N–H and O–H groups in total. The molecule has 2 rings (SSSR count). The Morgan fingerprint density at radius 2 is 2.00 bits per heavy atom. The van der Waals surface area contributed by atoms with Gasteiger partial charge in [0.25, 0.3) is 0 Å². The first-order valence-corrected chi connectivity index (χ1v) is 8.93. The Hall–Kier alpha value is -1.61. The molecule has 3 heteroatoms. The van der Waals surface area contributed by atoms with E-state index in [4.69, 9.17) is 5.11 Å². The molecule has 0 bridgehead atoms. The number of aliphatic hydroxyl groups excluding tert-OH is 1. The van der Waals surface area contributed by atoms with Gasteiger partial charge in [-0.05, 0) is 51.4 Å². The van der Waals surface area contributed by atoms with Gasteiger partial charge in [-0.25, -0.2) is 4.79 Å². The second-order valence-corrected chi connectivity index (χ2v) is 7.36. The van der Waals surface area contributed by atoms with Gasteiger partial charge in [-0.15, -0.1) is 0 Å². The van der Waals surface area contributed by atoms with E-state index in [1.165, 1.54) is 11.1 Å². The number of rotatable bonds is 4. The van der Waals surface area contributed by atoms with Crippen molar-refractivity contribution in [3.05, 3.63) is 47.6 Å². The predicted octanol–water partition coefficient (Wildman–Crippen LogP) is 4.37. The van der Waals surface area contributed by atoms with Gasteiger partial charge < -0.3 is 10.2 Å². The fourth-order valence-electron chi connectivity index (χ4n) is 4.66. The molecule has 1 fully saturated rings. The third-order valence-electron chi connectivity index (χ3n) is 5.87. The zero-order valence-corrected chi connectivity index (χ0v) is 15.1. The summed E-state index contributed by atoms with van der Waals surface area (Å²) in [5.41, 5.74) is 2.66. The molecule has 0 radical (unpaired) electrons. The van der Waals surface area contributed by atoms with Gasteiger partial charge in [0.1, 0.15) is 0 Å². The van der Waals surface area contributed by atoms with Gasteiger partial charge in [0.15, 0.2) is 0 Å². The Balaban J connectivity index is 2.42. The Bertz CT molecular complexity index is 582. The molecule has 132 valence electrons. The van der Waals surface area contributed by atoms with Gasteiger partial charge in [0.05, 0.1) is 6.10 Å². The largest absolute Gasteiger partial charge is 0.478 e. The molecule has 1 saturated carbocycles. The third-order valence-corrected chi connectivity index (χ3v) is 5.87. The highest BCUT2D eigenvalue weighted by atomic mass is 16.4. The summed E-state index contributed by atoms with van der Waals surface area (Å²) < 4.78 is 0. The van der Waals surface area contributed by atoms with E-state index in [2.05, 4.69) is 45.9 Å². The minimum atomic E-state index is -0.931. The average molecular weight is 330 g/mol. The van der Waals surface area contributed by atoms with E-state index in [-0.39, 0.29) is 12.0 Å². The molecule has 0 amide bonds. The molecule has 24 heavy (non-hydrogen) atoms. The van der Waals surface area contributed by atoms with Crippen LogP contribution >= 0.6 is 0 Å². The molecule has 2 aliphatic rings. The van der Waals surface area contributed by atoms with Gasteiger partial charge in [0, 0.05) is 17.9 Å². The zero-order valence-electron chi connectivity index (χ0n) is 15.1. The highest BCUT2D eigenvalue weighted by molar-refractivity contribution is 5.80. The molecule has 0 aromatic carbocycles. The lowest BCUT2D eigenvalue weighted by molar-refractivity contribution is -0.131. The maximum Gasteiger partial charge on any atom is 0.328 e. The van der Waals surface area contributed by atoms with Crippen LogP contribution in [0.2, 0.25) is 0 Å². The van der Waals surface area contributed by atoms with Crippen molar-refractivity contribution in [2.75, 3.05) is 0 Å². The van der Waals surface area contributed by atoms with Gasteiger partial charge in [-0.2, -0.15) is 0 Å². The number of carboxylic acid groups (broad SMARTS) is 1. The fraction of sp³-hybridized carbons (Fsp3) is 0.571. The van der Waals surface area contributed by atoms with Crippen LogP contribution in [-0.4, -0.2) is 22.3 Å². The van der Waals surface area contributed by atoms with Crippen molar-refractivity contribution in [3.8, 4) is 0 Å². The molecule has 0 saturated heterocycles. The van der Waals surface area contributed by atoms with Crippen LogP contribution in [0.3, 0.4) is 0 Å². The first kappa shape index (κ1) is 18.7. The van der Waals surface area contributed by atoms with E-state index in [9.17, 15) is 9.90 Å². The zero-order chi connectivity index (χ0) is 17.9. The highest BCUT2D eigenvalue weighted by Gasteiger charge is 2.45. The van der Waals surface area contributed by atoms with Gasteiger partial charge in [-0.1, -0.05) is 48.5 Å². The smallest absolute Gasteiger partial charge is 0.328 e. The molecule has 6 atom stereocenters. The Morgan fingerprint density at radius 1 is 1.29 bits per heavy atom. The molecule has 2 aliphatic carbocycles. The number of carboxylic acids is 1. The van der Waals surface area contributed by atoms with Crippen LogP contribution in [0.5, 0.6) is 0 Å². The van der Waals surface area contributed by atoms with Crippen molar-refractivity contribution >= 4 is 5.97 Å². The molecule has 0 spiro atoms. The molecule has 0 aromatic rings. The van der Waals surface area contributed by atoms with Crippen LogP contribution in [0.4, 0.5) is 0 Å². The standard InChI is InChI=1S/C21H30O3/c1-5-13(2)20-15(4)12-17-18(22)11-10-14(3)21(17)16(20)8-6-7-9-19(23)24/h5-9,12,14,16-18,20-22H,10-11H2,1-4H3,(H,23,24)/b8-6+,9-7+,13-5+/t14-,16+,17-,18-,20+,21-/m1/s1. The summed E-state index contributed by atoms with van der Waals surface area (Å²) in [5.74, 6) is 0.838. The van der Waals surface area contributed by atoms with E-state index in [0.717, 1.165) is 18.9 Å². The Labute approximate surface area is 145 Å². The lowest BCUT2D eigenvalue weighted by Crippen LogP contribution is -2.45. The summed E-state index contributed by atoms with van der Waals surface area (Å²) in [5, 5.41) is 19.3. The van der Waals surface area contributed by atoms with Crippen LogP contribution in [0.15, 0.2) is 47.6 Å². The summed E-state index contributed by atoms with van der Waals surface area (Å²) in [6.07, 6.45) is 12.9. The van der Waals surface area contributed by atoms with Crippen LogP contribution in [0.1, 0.15) is 40.5 Å². The maximum absolute atomic E-state index is 10.7. The van der Waals surface area contributed by atoms with Crippen LogP contribution in [0, 0.1) is 29.6 Å². The van der Waals surface area contributed by atoms with E-state index in [0.29, 0.717) is 23.7 Å². The summed E-state index contributed by atoms with van der Waals surface area (Å²) in [7, 11) is 0. The molecule has 0 heterocycles. The number of hydrogen-bond acceptors (Lipinski definition) is 2. The molecule has 0 unspecified atom stereocenters. The van der Waals surface area contributed by atoms with Gasteiger partial charge >= 0.3 is 5.97 Å². The lowest BCUT2D eigenvalue weighted by atomic mass is 9.57. The number of hydrogen-bond donors (Lipinski definition) is 2. The molecule has 3 nitrogen and oxygen atoms in total. The molecule has 0 aliphatic heterocycles. The van der Waals surface area contributed by atoms with Crippen molar-refractivity contribution in [1.29, 1.82) is 0 Å². The van der Waals surface area contributed by atoms with E-state index >= 15 is 0 Å². The SMILES string of the molecule is C/C=C(\C)[C@H]1C(C)=C[C@H]2[C@@H]([C@H]1/C=C/C=C/C(=O)O)[C@H](C)CC[C@H]2O. The van der Waals surface area contributed by atoms with E-state index in [1.54, 1.807) is 6.08 Å². The predicted molar refractivity (Wildman–Crippen MR) is 97.5 cm³/mol. The quantitative estimate of drug-likeness (QED) is 0.457. The van der Waals surface area contributed by atoms with Crippen molar-refractivity contribution in [1.82, 2.24) is 0 Å². The minimum Gasteiger partial charge on any atom is -0.478 e. The monoisotopic (exact) mass is 330 g/mol. The number of carbonyl (C=O) groups is 1. The first-order chi connectivity index (χ1) is 11.4. The fourth-order valence-corrected chi connectivity index (χ4v) is 4.66. The van der Waals surface area contributed by atoms with E-state index < -0.39 is 5.97 Å². The van der Waals surface area contributed by atoms with E-state index in [1.807, 2.05) is 6.08 Å². The van der Waals surface area contributed by atoms with Crippen molar-refractivity contribution in [2.45, 2.75) is 46.6 Å². The molecular weight excluding hydrogens is 300 g/mol. The minimum absolute atomic E-state index is 0.202. The third kappa shape index (κ3) is 3.89. The Morgan fingerprint density at radius 3 is 2.62 bits per heavy atom. The summed E-state index contributed by atoms with van der Waals surface area (Å²) in [6.45, 7) is 8.68. The van der Waals surface area contributed by atoms with Gasteiger partial charge in [-0.3, -0.25) is 0 Å². The normalized spacial score (nSPS) is 37.5. The first-order valence-electron chi connectivity index (χ1n) is 8.93. The molecular formula is C21H30O3. The second-order valence-electron chi connectivity index (χ2n) is 7.36.